The largest absolute Gasteiger partial charge is 0.497 e. The fourth-order valence-electron chi connectivity index (χ4n) is 6.48. The maximum absolute atomic E-state index is 13.0. The lowest BCUT2D eigenvalue weighted by molar-refractivity contribution is -0.149. The minimum Gasteiger partial charge on any atom is -0.497 e. The van der Waals surface area contributed by atoms with Crippen molar-refractivity contribution in [1.82, 2.24) is 4.90 Å². The van der Waals surface area contributed by atoms with Gasteiger partial charge in [0.25, 0.3) is 0 Å². The average Bonchev–Trinajstić information content (AvgIpc) is 3.51. The summed E-state index contributed by atoms with van der Waals surface area (Å²) in [6.07, 6.45) is 5.57. The zero-order valence-corrected chi connectivity index (χ0v) is 18.3. The molecule has 4 aliphatic rings. The average molecular weight is 440 g/mol. The summed E-state index contributed by atoms with van der Waals surface area (Å²) in [6, 6.07) is 6.57. The number of amides is 2. The molecule has 1 saturated heterocycles. The third kappa shape index (κ3) is 3.51. The number of ketones is 1. The highest BCUT2D eigenvalue weighted by Crippen LogP contribution is 2.56. The smallest absolute Gasteiger partial charge is 0.309 e. The van der Waals surface area contributed by atoms with Gasteiger partial charge < -0.3 is 9.47 Å². The predicted molar refractivity (Wildman–Crippen MR) is 114 cm³/mol. The summed E-state index contributed by atoms with van der Waals surface area (Å²) in [5, 5.41) is 0. The third-order valence-electron chi connectivity index (χ3n) is 8.11. The number of hydrogen-bond acceptors (Lipinski definition) is 6. The van der Waals surface area contributed by atoms with Crippen molar-refractivity contribution >= 4 is 23.6 Å². The molecule has 4 fully saturated rings. The van der Waals surface area contributed by atoms with Crippen molar-refractivity contribution in [2.24, 2.45) is 29.6 Å². The summed E-state index contributed by atoms with van der Waals surface area (Å²) in [6.45, 7) is -0.291. The van der Waals surface area contributed by atoms with Gasteiger partial charge in [0.2, 0.25) is 11.8 Å². The molecule has 4 atom stereocenters. The van der Waals surface area contributed by atoms with Crippen molar-refractivity contribution in [2.75, 3.05) is 13.7 Å². The van der Waals surface area contributed by atoms with Crippen LogP contribution >= 0.6 is 0 Å². The van der Waals surface area contributed by atoms with Gasteiger partial charge in [-0.25, -0.2) is 0 Å². The van der Waals surface area contributed by atoms with E-state index in [2.05, 4.69) is 0 Å². The summed E-state index contributed by atoms with van der Waals surface area (Å²) in [5.74, 6) is 0.387. The first-order valence-electron chi connectivity index (χ1n) is 11.7. The first kappa shape index (κ1) is 21.2. The lowest BCUT2D eigenvalue weighted by Crippen LogP contribution is -2.44. The number of nitrogens with zero attached hydrogens (tertiary/aromatic N) is 1. The van der Waals surface area contributed by atoms with E-state index in [4.69, 9.17) is 9.47 Å². The number of likely N-dealkylation sites (tertiary alicyclic amines) is 1. The van der Waals surface area contributed by atoms with E-state index < -0.39 is 0 Å². The highest BCUT2D eigenvalue weighted by molar-refractivity contribution is 6.06. The van der Waals surface area contributed by atoms with Crippen molar-refractivity contribution in [1.29, 1.82) is 0 Å². The molecule has 1 aromatic carbocycles. The van der Waals surface area contributed by atoms with Crippen molar-refractivity contribution in [3.05, 3.63) is 29.8 Å². The third-order valence-corrected chi connectivity index (χ3v) is 8.11. The molecule has 1 aromatic rings. The minimum absolute atomic E-state index is 0.0308. The second-order valence-electron chi connectivity index (χ2n) is 9.70. The number of methoxy groups -OCH3 is 1. The number of carbonyl (C=O) groups is 4. The highest BCUT2D eigenvalue weighted by Gasteiger charge is 2.61. The standard InChI is InChI=1S/C25H29NO6/c1-31-19-10-6-14(7-11-19)20(27)13-32-25(30)15-4-8-18(9-5-15)26-23(28)21-16-2-3-17(12-16)22(21)24(26)29/h6-7,10-11,15-18,21-22H,2-5,8-9,12-13H2,1H3/t15?,16-,17+,18?,21-,22+. The van der Waals surface area contributed by atoms with E-state index in [1.54, 1.807) is 36.3 Å². The van der Waals surface area contributed by atoms with Crippen LogP contribution in [0.3, 0.4) is 0 Å². The molecule has 7 heteroatoms. The normalized spacial score (nSPS) is 33.3. The summed E-state index contributed by atoms with van der Waals surface area (Å²) in [4.78, 5) is 52.4. The van der Waals surface area contributed by atoms with Gasteiger partial charge in [0, 0.05) is 11.6 Å². The van der Waals surface area contributed by atoms with E-state index in [1.165, 1.54) is 0 Å². The van der Waals surface area contributed by atoms with Crippen LogP contribution in [-0.2, 0) is 19.1 Å². The Morgan fingerprint density at radius 2 is 1.50 bits per heavy atom. The first-order valence-corrected chi connectivity index (χ1v) is 11.7. The van der Waals surface area contributed by atoms with Crippen LogP contribution in [-0.4, -0.2) is 48.2 Å². The molecule has 1 aliphatic heterocycles. The number of fused-ring (bicyclic) bond motifs is 5. The molecular weight excluding hydrogens is 410 g/mol. The molecule has 0 spiro atoms. The number of hydrogen-bond donors (Lipinski definition) is 0. The Hall–Kier alpha value is -2.70. The lowest BCUT2D eigenvalue weighted by atomic mass is 9.81. The maximum Gasteiger partial charge on any atom is 0.309 e. The van der Waals surface area contributed by atoms with Crippen molar-refractivity contribution in [3.63, 3.8) is 0 Å². The van der Waals surface area contributed by atoms with E-state index in [0.29, 0.717) is 48.8 Å². The molecule has 0 unspecified atom stereocenters. The van der Waals surface area contributed by atoms with Crippen LogP contribution in [0.1, 0.15) is 55.3 Å². The van der Waals surface area contributed by atoms with Gasteiger partial charge in [0.15, 0.2) is 12.4 Å². The van der Waals surface area contributed by atoms with Crippen molar-refractivity contribution in [2.45, 2.75) is 51.0 Å². The Morgan fingerprint density at radius 3 is 2.06 bits per heavy atom. The molecule has 2 bridgehead atoms. The minimum atomic E-state index is -0.376. The van der Waals surface area contributed by atoms with Crippen LogP contribution in [0, 0.1) is 29.6 Å². The second kappa shape index (κ2) is 8.34. The molecular formula is C25H29NO6. The summed E-state index contributed by atoms with van der Waals surface area (Å²) in [7, 11) is 1.55. The predicted octanol–water partition coefficient (Wildman–Crippen LogP) is 3.01. The molecule has 0 aromatic heterocycles. The van der Waals surface area contributed by atoms with Gasteiger partial charge in [-0.3, -0.25) is 24.1 Å². The second-order valence-corrected chi connectivity index (χ2v) is 9.70. The molecule has 3 aliphatic carbocycles. The number of benzene rings is 1. The van der Waals surface area contributed by atoms with Gasteiger partial charge >= 0.3 is 5.97 Å². The summed E-state index contributed by atoms with van der Waals surface area (Å²) >= 11 is 0. The molecule has 32 heavy (non-hydrogen) atoms. The number of rotatable bonds is 6. The Kier molecular flexibility index (Phi) is 5.51. The molecule has 5 rings (SSSR count). The Morgan fingerprint density at radius 1 is 0.906 bits per heavy atom. The molecule has 7 nitrogen and oxygen atoms in total. The monoisotopic (exact) mass is 439 g/mol. The number of Topliss-reactive ketones (excluding diaryl/α,β-unsaturated/α-hetero) is 1. The van der Waals surface area contributed by atoms with Crippen LogP contribution in [0.2, 0.25) is 0 Å². The van der Waals surface area contributed by atoms with E-state index in [1.807, 2.05) is 0 Å². The molecule has 2 amide bonds. The number of esters is 1. The van der Waals surface area contributed by atoms with Crippen LogP contribution in [0.15, 0.2) is 24.3 Å². The Balaban J connectivity index is 1.12. The Labute approximate surface area is 187 Å². The van der Waals surface area contributed by atoms with Crippen LogP contribution in [0.5, 0.6) is 5.75 Å². The van der Waals surface area contributed by atoms with E-state index >= 15 is 0 Å². The molecule has 0 radical (unpaired) electrons. The SMILES string of the molecule is COc1ccc(C(=O)COC(=O)C2CCC(N3C(=O)[C@@H]4[C@@H]5CC[C@@H](C5)[C@@H]4C3=O)CC2)cc1. The van der Waals surface area contributed by atoms with E-state index in [0.717, 1.165) is 19.3 Å². The topological polar surface area (TPSA) is 90.0 Å². The van der Waals surface area contributed by atoms with Gasteiger partial charge in [-0.15, -0.1) is 0 Å². The zero-order chi connectivity index (χ0) is 22.4. The number of carbonyl (C=O) groups excluding carboxylic acids is 4. The lowest BCUT2D eigenvalue weighted by Gasteiger charge is -2.33. The fraction of sp³-hybridized carbons (Fsp3) is 0.600. The van der Waals surface area contributed by atoms with Gasteiger partial charge in [-0.2, -0.15) is 0 Å². The van der Waals surface area contributed by atoms with E-state index in [9.17, 15) is 19.2 Å². The number of ether oxygens (including phenoxy) is 2. The highest BCUT2D eigenvalue weighted by atomic mass is 16.5. The van der Waals surface area contributed by atoms with Crippen LogP contribution in [0.4, 0.5) is 0 Å². The van der Waals surface area contributed by atoms with Gasteiger partial charge in [0.1, 0.15) is 5.75 Å². The fourth-order valence-corrected chi connectivity index (χ4v) is 6.48. The number of imide groups is 1. The molecule has 0 N–H and O–H groups in total. The zero-order valence-electron chi connectivity index (χ0n) is 18.3. The van der Waals surface area contributed by atoms with Crippen molar-refractivity contribution in [3.8, 4) is 5.75 Å². The summed E-state index contributed by atoms with van der Waals surface area (Å²) < 4.78 is 10.4. The molecule has 3 saturated carbocycles. The van der Waals surface area contributed by atoms with E-state index in [-0.39, 0.29) is 54.0 Å². The van der Waals surface area contributed by atoms with Crippen molar-refractivity contribution < 1.29 is 28.7 Å². The van der Waals surface area contributed by atoms with Gasteiger partial charge in [0.05, 0.1) is 24.9 Å². The van der Waals surface area contributed by atoms with Gasteiger partial charge in [-0.05, 0) is 81.0 Å². The first-order chi connectivity index (χ1) is 15.5. The van der Waals surface area contributed by atoms with Crippen LogP contribution < -0.4 is 4.74 Å². The quantitative estimate of drug-likeness (QED) is 0.385. The molecule has 1 heterocycles. The maximum atomic E-state index is 13.0. The van der Waals surface area contributed by atoms with Crippen LogP contribution in [0.25, 0.3) is 0 Å². The summed E-state index contributed by atoms with van der Waals surface area (Å²) in [5.41, 5.74) is 0.466. The molecule has 170 valence electrons. The van der Waals surface area contributed by atoms with Gasteiger partial charge in [-0.1, -0.05) is 0 Å². The Bertz CT molecular complexity index is 904.